The molecule has 0 unspecified atom stereocenters. The van der Waals surface area contributed by atoms with Crippen LogP contribution in [0.1, 0.15) is 15.9 Å². The molecular formula is C23H20N4O2. The molecule has 0 saturated carbocycles. The molecule has 0 aliphatic carbocycles. The summed E-state index contributed by atoms with van der Waals surface area (Å²) in [6, 6.07) is 17.6. The zero-order valence-electron chi connectivity index (χ0n) is 16.0. The van der Waals surface area contributed by atoms with Gasteiger partial charge >= 0.3 is 0 Å². The van der Waals surface area contributed by atoms with Crippen LogP contribution in [0, 0.1) is 0 Å². The third kappa shape index (κ3) is 3.23. The first kappa shape index (κ1) is 17.4. The fourth-order valence-corrected chi connectivity index (χ4v) is 3.84. The van der Waals surface area contributed by atoms with Gasteiger partial charge in [-0.25, -0.2) is 4.98 Å². The highest BCUT2D eigenvalue weighted by Gasteiger charge is 2.26. The predicted octanol–water partition coefficient (Wildman–Crippen LogP) is 3.70. The largest absolute Gasteiger partial charge is 0.488 e. The van der Waals surface area contributed by atoms with Crippen molar-refractivity contribution in [1.82, 2.24) is 20.1 Å². The summed E-state index contributed by atoms with van der Waals surface area (Å²) in [5.41, 5.74) is 4.17. The molecule has 6 heteroatoms. The van der Waals surface area contributed by atoms with Crippen LogP contribution in [0.15, 0.2) is 67.0 Å². The van der Waals surface area contributed by atoms with Crippen molar-refractivity contribution in [3.05, 3.63) is 78.1 Å². The molecule has 1 amide bonds. The smallest absolute Gasteiger partial charge is 0.254 e. The molecule has 0 spiro atoms. The number of nitrogens with zero attached hydrogens (tertiary/aromatic N) is 3. The number of amides is 1. The number of nitrogens with one attached hydrogen (secondary N) is 1. The van der Waals surface area contributed by atoms with E-state index in [1.165, 1.54) is 5.56 Å². The maximum absolute atomic E-state index is 13.4. The third-order valence-electron chi connectivity index (χ3n) is 5.28. The zero-order chi connectivity index (χ0) is 19.8. The van der Waals surface area contributed by atoms with Crippen molar-refractivity contribution in [3.63, 3.8) is 0 Å². The van der Waals surface area contributed by atoms with Crippen LogP contribution in [0.3, 0.4) is 0 Å². The predicted molar refractivity (Wildman–Crippen MR) is 111 cm³/mol. The van der Waals surface area contributed by atoms with Crippen LogP contribution in [0.25, 0.3) is 22.2 Å². The molecule has 2 aromatic heterocycles. The normalized spacial score (nSPS) is 15.1. The Morgan fingerprint density at radius 2 is 2.03 bits per heavy atom. The maximum atomic E-state index is 13.4. The number of H-pyrrole nitrogens is 1. The van der Waals surface area contributed by atoms with Gasteiger partial charge in [0, 0.05) is 30.6 Å². The van der Waals surface area contributed by atoms with Crippen molar-refractivity contribution in [2.24, 2.45) is 0 Å². The zero-order valence-corrected chi connectivity index (χ0v) is 16.0. The van der Waals surface area contributed by atoms with Crippen LogP contribution in [-0.4, -0.2) is 45.7 Å². The van der Waals surface area contributed by atoms with E-state index < -0.39 is 0 Å². The van der Waals surface area contributed by atoms with E-state index in [1.807, 2.05) is 55.6 Å². The Balaban J connectivity index is 1.44. The number of likely N-dealkylation sites (N-methyl/N-ethyl adjacent to an activating group) is 1. The van der Waals surface area contributed by atoms with E-state index in [9.17, 15) is 4.79 Å². The van der Waals surface area contributed by atoms with Crippen LogP contribution in [0.5, 0.6) is 5.75 Å². The Bertz CT molecular complexity index is 1160. The molecule has 0 saturated heterocycles. The van der Waals surface area contributed by atoms with Gasteiger partial charge in [-0.2, -0.15) is 5.10 Å². The summed E-state index contributed by atoms with van der Waals surface area (Å²) in [6.07, 6.45) is 4.26. The lowest BCUT2D eigenvalue weighted by molar-refractivity contribution is 0.0732. The molecule has 5 rings (SSSR count). The van der Waals surface area contributed by atoms with Gasteiger partial charge in [0.15, 0.2) is 0 Å². The van der Waals surface area contributed by atoms with Crippen molar-refractivity contribution < 1.29 is 9.53 Å². The number of pyridine rings is 1. The minimum Gasteiger partial charge on any atom is -0.488 e. The number of carbonyl (C=O) groups is 1. The second-order valence-electron chi connectivity index (χ2n) is 7.30. The Labute approximate surface area is 168 Å². The second-order valence-corrected chi connectivity index (χ2v) is 7.30. The first-order valence-corrected chi connectivity index (χ1v) is 9.58. The fraction of sp³-hybridized carbons (Fsp3) is 0.174. The lowest BCUT2D eigenvalue weighted by atomic mass is 10.0. The topological polar surface area (TPSA) is 71.1 Å². The molecule has 0 bridgehead atoms. The summed E-state index contributed by atoms with van der Waals surface area (Å²) >= 11 is 0. The summed E-state index contributed by atoms with van der Waals surface area (Å²) in [7, 11) is 1.82. The Morgan fingerprint density at radius 3 is 2.86 bits per heavy atom. The quantitative estimate of drug-likeness (QED) is 0.582. The van der Waals surface area contributed by atoms with Crippen LogP contribution in [-0.2, 0) is 6.42 Å². The van der Waals surface area contributed by atoms with E-state index in [2.05, 4.69) is 16.3 Å². The van der Waals surface area contributed by atoms with E-state index in [1.54, 1.807) is 17.3 Å². The minimum atomic E-state index is -0.0482. The maximum Gasteiger partial charge on any atom is 0.254 e. The molecule has 3 heterocycles. The van der Waals surface area contributed by atoms with Gasteiger partial charge in [0.1, 0.15) is 11.9 Å². The van der Waals surface area contributed by atoms with E-state index in [0.29, 0.717) is 12.1 Å². The molecule has 1 atom stereocenters. The molecule has 1 N–H and O–H groups in total. The second kappa shape index (κ2) is 7.05. The highest BCUT2D eigenvalue weighted by molar-refractivity contribution is 6.07. The fourth-order valence-electron chi connectivity index (χ4n) is 3.84. The number of aromatic amines is 1. The van der Waals surface area contributed by atoms with E-state index in [0.717, 1.165) is 34.3 Å². The van der Waals surface area contributed by atoms with Gasteiger partial charge in [0.25, 0.3) is 5.91 Å². The average Bonchev–Trinajstić information content (AvgIpc) is 3.42. The van der Waals surface area contributed by atoms with Gasteiger partial charge in [-0.15, -0.1) is 0 Å². The number of hydrogen-bond acceptors (Lipinski definition) is 4. The molecule has 0 fully saturated rings. The van der Waals surface area contributed by atoms with Crippen molar-refractivity contribution in [2.75, 3.05) is 13.6 Å². The summed E-state index contributed by atoms with van der Waals surface area (Å²) in [5, 5.41) is 7.64. The molecule has 4 aromatic rings. The molecule has 144 valence electrons. The number of para-hydroxylation sites is 2. The molecule has 29 heavy (non-hydrogen) atoms. The lowest BCUT2D eigenvalue weighted by Crippen LogP contribution is -2.36. The van der Waals surface area contributed by atoms with E-state index >= 15 is 0 Å². The molecule has 0 radical (unpaired) electrons. The number of fused-ring (bicyclic) bond motifs is 2. The van der Waals surface area contributed by atoms with Gasteiger partial charge in [0.2, 0.25) is 0 Å². The van der Waals surface area contributed by atoms with Gasteiger partial charge < -0.3 is 9.64 Å². The van der Waals surface area contributed by atoms with Crippen molar-refractivity contribution in [1.29, 1.82) is 0 Å². The van der Waals surface area contributed by atoms with E-state index in [4.69, 9.17) is 9.72 Å². The van der Waals surface area contributed by atoms with Crippen LogP contribution in [0.2, 0.25) is 0 Å². The monoisotopic (exact) mass is 384 g/mol. The number of carbonyl (C=O) groups excluding carboxylic acids is 1. The van der Waals surface area contributed by atoms with Crippen molar-refractivity contribution >= 4 is 16.8 Å². The van der Waals surface area contributed by atoms with Gasteiger partial charge in [-0.3, -0.25) is 9.89 Å². The van der Waals surface area contributed by atoms with Crippen LogP contribution in [0.4, 0.5) is 0 Å². The molecular weight excluding hydrogens is 364 g/mol. The van der Waals surface area contributed by atoms with Gasteiger partial charge in [0.05, 0.1) is 29.5 Å². The third-order valence-corrected chi connectivity index (χ3v) is 5.28. The Kier molecular flexibility index (Phi) is 4.24. The average molecular weight is 384 g/mol. The summed E-state index contributed by atoms with van der Waals surface area (Å²) in [6.45, 7) is 0.519. The number of aromatic nitrogens is 3. The molecule has 2 aromatic carbocycles. The lowest BCUT2D eigenvalue weighted by Gasteiger charge is -2.22. The van der Waals surface area contributed by atoms with Gasteiger partial charge in [-0.05, 0) is 23.8 Å². The van der Waals surface area contributed by atoms with Crippen molar-refractivity contribution in [3.8, 4) is 17.0 Å². The highest BCUT2D eigenvalue weighted by atomic mass is 16.5. The Hall–Kier alpha value is -3.67. The van der Waals surface area contributed by atoms with Crippen LogP contribution < -0.4 is 4.74 Å². The molecule has 1 aliphatic rings. The SMILES string of the molecule is CN(C[C@H]1Cc2ccccc2O1)C(=O)c1cc(-c2cn[nH]c2)nc2ccccc12. The van der Waals surface area contributed by atoms with Gasteiger partial charge in [-0.1, -0.05) is 36.4 Å². The number of hydrogen-bond donors (Lipinski definition) is 1. The summed E-state index contributed by atoms with van der Waals surface area (Å²) in [4.78, 5) is 19.8. The standard InChI is InChI=1S/C23H20N4O2/c1-27(14-17-10-15-6-2-5-9-22(15)29-17)23(28)19-11-21(16-12-24-25-13-16)26-20-8-4-3-7-18(19)20/h2-9,11-13,17H,10,14H2,1H3,(H,24,25)/t17-/m1/s1. The van der Waals surface area contributed by atoms with E-state index in [-0.39, 0.29) is 12.0 Å². The number of rotatable bonds is 4. The first-order valence-electron chi connectivity index (χ1n) is 9.58. The first-order chi connectivity index (χ1) is 14.2. The van der Waals surface area contributed by atoms with Crippen LogP contribution >= 0.6 is 0 Å². The molecule has 6 nitrogen and oxygen atoms in total. The summed E-state index contributed by atoms with van der Waals surface area (Å²) < 4.78 is 6.02. The minimum absolute atomic E-state index is 0.0391. The summed E-state index contributed by atoms with van der Waals surface area (Å²) in [5.74, 6) is 0.864. The number of benzene rings is 2. The molecule has 1 aliphatic heterocycles. The number of ether oxygens (including phenoxy) is 1. The highest BCUT2D eigenvalue weighted by Crippen LogP contribution is 2.29. The van der Waals surface area contributed by atoms with Crippen molar-refractivity contribution in [2.45, 2.75) is 12.5 Å². The Morgan fingerprint density at radius 1 is 1.21 bits per heavy atom.